The van der Waals surface area contributed by atoms with Crippen LogP contribution in [0.15, 0.2) is 42.5 Å². The molecule has 1 aliphatic rings. The van der Waals surface area contributed by atoms with E-state index in [-0.39, 0.29) is 11.7 Å². The predicted octanol–water partition coefficient (Wildman–Crippen LogP) is 3.57. The van der Waals surface area contributed by atoms with Crippen LogP contribution in [0.4, 0.5) is 5.69 Å². The summed E-state index contributed by atoms with van der Waals surface area (Å²) >= 11 is 6.01. The summed E-state index contributed by atoms with van der Waals surface area (Å²) in [5.74, 6) is -1.30. The van der Waals surface area contributed by atoms with Crippen molar-refractivity contribution < 1.29 is 9.59 Å². The molecule has 1 amide bonds. The molecule has 1 atom stereocenters. The van der Waals surface area contributed by atoms with Gasteiger partial charge >= 0.3 is 0 Å². The van der Waals surface area contributed by atoms with Gasteiger partial charge in [-0.25, -0.2) is 0 Å². The first kappa shape index (κ1) is 12.9. The molecule has 1 N–H and O–H groups in total. The first-order valence-corrected chi connectivity index (χ1v) is 6.66. The highest BCUT2D eigenvalue weighted by molar-refractivity contribution is 6.32. The van der Waals surface area contributed by atoms with Gasteiger partial charge in [0.1, 0.15) is 5.92 Å². The molecule has 3 rings (SSSR count). The van der Waals surface area contributed by atoms with Crippen LogP contribution >= 0.6 is 11.6 Å². The van der Waals surface area contributed by atoms with Crippen LogP contribution in [0.1, 0.15) is 27.4 Å². The Labute approximate surface area is 121 Å². The summed E-state index contributed by atoms with van der Waals surface area (Å²) < 4.78 is 0. The van der Waals surface area contributed by atoms with Gasteiger partial charge in [0.2, 0.25) is 5.91 Å². The number of fused-ring (bicyclic) bond motifs is 1. The number of carbonyl (C=O) groups is 2. The van der Waals surface area contributed by atoms with E-state index in [1.165, 1.54) is 0 Å². The molecule has 0 fully saturated rings. The number of hydrogen-bond acceptors (Lipinski definition) is 2. The van der Waals surface area contributed by atoms with Crippen molar-refractivity contribution in [2.75, 3.05) is 5.32 Å². The van der Waals surface area contributed by atoms with Crippen LogP contribution in [0.5, 0.6) is 0 Å². The van der Waals surface area contributed by atoms with Crippen LogP contribution in [-0.2, 0) is 4.79 Å². The van der Waals surface area contributed by atoms with Crippen molar-refractivity contribution in [2.24, 2.45) is 0 Å². The first-order valence-electron chi connectivity index (χ1n) is 6.28. The van der Waals surface area contributed by atoms with Crippen LogP contribution in [0.3, 0.4) is 0 Å². The van der Waals surface area contributed by atoms with Gasteiger partial charge in [-0.2, -0.15) is 0 Å². The largest absolute Gasteiger partial charge is 0.324 e. The molecule has 3 nitrogen and oxygen atoms in total. The highest BCUT2D eigenvalue weighted by Gasteiger charge is 2.36. The summed E-state index contributed by atoms with van der Waals surface area (Å²) in [6.45, 7) is 1.82. The molecule has 1 heterocycles. The summed E-state index contributed by atoms with van der Waals surface area (Å²) in [5, 5.41) is 3.31. The molecule has 0 spiro atoms. The summed E-state index contributed by atoms with van der Waals surface area (Å²) in [4.78, 5) is 24.9. The molecule has 0 unspecified atom stereocenters. The minimum atomic E-state index is -0.804. The van der Waals surface area contributed by atoms with Gasteiger partial charge < -0.3 is 5.32 Å². The van der Waals surface area contributed by atoms with Crippen LogP contribution in [-0.4, -0.2) is 11.7 Å². The topological polar surface area (TPSA) is 46.2 Å². The standard InChI is InChI=1S/C16H12ClNO2/c1-9-7-11(17)8-12-14(9)18-16(20)13(15(12)19)10-5-3-2-4-6-10/h2-8,13H,1H3,(H,18,20)/t13-/m1/s1. The van der Waals surface area contributed by atoms with E-state index in [1.807, 2.05) is 25.1 Å². The van der Waals surface area contributed by atoms with Gasteiger partial charge in [-0.3, -0.25) is 9.59 Å². The fourth-order valence-corrected chi connectivity index (χ4v) is 2.79. The number of Topliss-reactive ketones (excluding diaryl/α,β-unsaturated/α-hetero) is 1. The average molecular weight is 286 g/mol. The monoisotopic (exact) mass is 285 g/mol. The lowest BCUT2D eigenvalue weighted by Gasteiger charge is -2.25. The molecular weight excluding hydrogens is 274 g/mol. The molecule has 2 aromatic rings. The smallest absolute Gasteiger partial charge is 0.239 e. The lowest BCUT2D eigenvalue weighted by Crippen LogP contribution is -2.34. The van der Waals surface area contributed by atoms with E-state index < -0.39 is 5.92 Å². The zero-order valence-corrected chi connectivity index (χ0v) is 11.6. The molecule has 0 saturated heterocycles. The highest BCUT2D eigenvalue weighted by Crippen LogP contribution is 2.35. The van der Waals surface area contributed by atoms with E-state index >= 15 is 0 Å². The fraction of sp³-hybridized carbons (Fsp3) is 0.125. The number of carbonyl (C=O) groups excluding carboxylic acids is 2. The third-order valence-electron chi connectivity index (χ3n) is 3.47. The Morgan fingerprint density at radius 3 is 2.50 bits per heavy atom. The second-order valence-electron chi connectivity index (χ2n) is 4.84. The Balaban J connectivity index is 2.14. The Morgan fingerprint density at radius 1 is 1.10 bits per heavy atom. The maximum atomic E-state index is 12.6. The van der Waals surface area contributed by atoms with E-state index in [0.717, 1.165) is 5.56 Å². The van der Waals surface area contributed by atoms with Crippen molar-refractivity contribution in [2.45, 2.75) is 12.8 Å². The minimum Gasteiger partial charge on any atom is -0.324 e. The quantitative estimate of drug-likeness (QED) is 0.814. The average Bonchev–Trinajstić information content (AvgIpc) is 2.42. The van der Waals surface area contributed by atoms with E-state index in [9.17, 15) is 9.59 Å². The maximum Gasteiger partial charge on any atom is 0.239 e. The van der Waals surface area contributed by atoms with Gasteiger partial charge in [-0.15, -0.1) is 0 Å². The number of halogens is 1. The van der Waals surface area contributed by atoms with Gasteiger partial charge in [-0.1, -0.05) is 41.9 Å². The van der Waals surface area contributed by atoms with Crippen molar-refractivity contribution in [3.63, 3.8) is 0 Å². The van der Waals surface area contributed by atoms with Gasteiger partial charge in [0, 0.05) is 10.6 Å². The number of hydrogen-bond donors (Lipinski definition) is 1. The Bertz CT molecular complexity index is 710. The lowest BCUT2D eigenvalue weighted by molar-refractivity contribution is -0.116. The highest BCUT2D eigenvalue weighted by atomic mass is 35.5. The van der Waals surface area contributed by atoms with Crippen molar-refractivity contribution in [3.8, 4) is 0 Å². The Morgan fingerprint density at radius 2 is 1.80 bits per heavy atom. The Kier molecular flexibility index (Phi) is 3.07. The SMILES string of the molecule is Cc1cc(Cl)cc2c1NC(=O)[C@H](c1ccccc1)C2=O. The van der Waals surface area contributed by atoms with Gasteiger partial charge in [0.05, 0.1) is 5.69 Å². The van der Waals surface area contributed by atoms with Crippen LogP contribution < -0.4 is 5.32 Å². The van der Waals surface area contributed by atoms with Gasteiger partial charge in [0.25, 0.3) is 0 Å². The molecule has 0 aromatic heterocycles. The molecular formula is C16H12ClNO2. The lowest BCUT2D eigenvalue weighted by atomic mass is 9.85. The molecule has 0 radical (unpaired) electrons. The van der Waals surface area contributed by atoms with Gasteiger partial charge in [0.15, 0.2) is 5.78 Å². The Hall–Kier alpha value is -2.13. The molecule has 0 saturated carbocycles. The van der Waals surface area contributed by atoms with Crippen molar-refractivity contribution >= 4 is 29.0 Å². The third-order valence-corrected chi connectivity index (χ3v) is 3.69. The molecule has 2 aromatic carbocycles. The van der Waals surface area contributed by atoms with E-state index in [2.05, 4.69) is 5.32 Å². The number of benzene rings is 2. The van der Waals surface area contributed by atoms with Crippen molar-refractivity contribution in [3.05, 3.63) is 64.2 Å². The molecule has 0 aliphatic carbocycles. The summed E-state index contributed by atoms with van der Waals surface area (Å²) in [7, 11) is 0. The molecule has 1 aliphatic heterocycles. The third kappa shape index (κ3) is 2.00. The number of anilines is 1. The maximum absolute atomic E-state index is 12.6. The molecule has 4 heteroatoms. The van der Waals surface area contributed by atoms with Crippen molar-refractivity contribution in [1.82, 2.24) is 0 Å². The number of aryl methyl sites for hydroxylation is 1. The fourth-order valence-electron chi connectivity index (χ4n) is 2.52. The number of rotatable bonds is 1. The number of nitrogens with one attached hydrogen (secondary N) is 1. The first-order chi connectivity index (χ1) is 9.58. The molecule has 100 valence electrons. The van der Waals surface area contributed by atoms with E-state index in [1.54, 1.807) is 24.3 Å². The zero-order chi connectivity index (χ0) is 14.3. The van der Waals surface area contributed by atoms with Crippen LogP contribution in [0.2, 0.25) is 5.02 Å². The molecule has 0 bridgehead atoms. The van der Waals surface area contributed by atoms with Crippen LogP contribution in [0.25, 0.3) is 0 Å². The van der Waals surface area contributed by atoms with Crippen molar-refractivity contribution in [1.29, 1.82) is 0 Å². The second-order valence-corrected chi connectivity index (χ2v) is 5.28. The van der Waals surface area contributed by atoms with Crippen LogP contribution in [0, 0.1) is 6.92 Å². The predicted molar refractivity (Wildman–Crippen MR) is 78.3 cm³/mol. The summed E-state index contributed by atoms with van der Waals surface area (Å²) in [6, 6.07) is 12.4. The summed E-state index contributed by atoms with van der Waals surface area (Å²) in [5.41, 5.74) is 2.53. The number of ketones is 1. The normalized spacial score (nSPS) is 17.6. The van der Waals surface area contributed by atoms with Gasteiger partial charge in [-0.05, 0) is 30.2 Å². The minimum absolute atomic E-state index is 0.208. The van der Waals surface area contributed by atoms with E-state index in [4.69, 9.17) is 11.6 Å². The second kappa shape index (κ2) is 4.76. The zero-order valence-electron chi connectivity index (χ0n) is 10.8. The van der Waals surface area contributed by atoms with E-state index in [0.29, 0.717) is 21.8 Å². The number of amides is 1. The summed E-state index contributed by atoms with van der Waals surface area (Å²) in [6.07, 6.45) is 0. The molecule has 20 heavy (non-hydrogen) atoms.